The molecule has 0 bridgehead atoms. The Bertz CT molecular complexity index is 247. The van der Waals surface area contributed by atoms with Crippen LogP contribution in [0.5, 0.6) is 0 Å². The summed E-state index contributed by atoms with van der Waals surface area (Å²) in [5.74, 6) is 1.38. The van der Waals surface area contributed by atoms with Crippen LogP contribution >= 0.6 is 11.8 Å². The molecule has 18 heavy (non-hydrogen) atoms. The molecule has 0 rings (SSSR count). The predicted molar refractivity (Wildman–Crippen MR) is 77.7 cm³/mol. The van der Waals surface area contributed by atoms with E-state index in [-0.39, 0.29) is 30.6 Å². The second kappa shape index (κ2) is 11.5. The normalized spacial score (nSPS) is 12.2. The summed E-state index contributed by atoms with van der Waals surface area (Å²) in [6.45, 7) is 4.90. The number of Topliss-reactive ketones (excluding diaryl/α,β-unsaturated/α-hetero) is 1. The van der Waals surface area contributed by atoms with E-state index in [9.17, 15) is 9.59 Å². The topological polar surface area (TPSA) is 72.2 Å². The second-order valence-corrected chi connectivity index (χ2v) is 5.62. The fraction of sp³-hybridized carbons (Fsp3) is 0.846. The Morgan fingerprint density at radius 2 is 2.00 bits per heavy atom. The third kappa shape index (κ3) is 8.53. The molecule has 0 fully saturated rings. The van der Waals surface area contributed by atoms with Gasteiger partial charge >= 0.3 is 0 Å². The average molecular weight is 274 g/mol. The van der Waals surface area contributed by atoms with E-state index in [1.165, 1.54) is 0 Å². The van der Waals surface area contributed by atoms with Crippen LogP contribution < -0.4 is 11.1 Å². The van der Waals surface area contributed by atoms with Crippen LogP contribution in [0, 0.1) is 5.92 Å². The maximum Gasteiger partial charge on any atom is 0.224 e. The third-order valence-corrected chi connectivity index (χ3v) is 3.72. The second-order valence-electron chi connectivity index (χ2n) is 4.30. The van der Waals surface area contributed by atoms with Crippen molar-refractivity contribution in [2.24, 2.45) is 11.7 Å². The van der Waals surface area contributed by atoms with Gasteiger partial charge in [-0.3, -0.25) is 9.59 Å². The summed E-state index contributed by atoms with van der Waals surface area (Å²) < 4.78 is 0. The number of hydrogen-bond acceptors (Lipinski definition) is 4. The largest absolute Gasteiger partial charge is 0.356 e. The van der Waals surface area contributed by atoms with Crippen molar-refractivity contribution in [3.05, 3.63) is 0 Å². The zero-order chi connectivity index (χ0) is 13.8. The highest BCUT2D eigenvalue weighted by molar-refractivity contribution is 7.99. The first-order chi connectivity index (χ1) is 8.65. The van der Waals surface area contributed by atoms with Crippen LogP contribution in [-0.2, 0) is 9.59 Å². The van der Waals surface area contributed by atoms with Crippen molar-refractivity contribution < 1.29 is 9.59 Å². The molecule has 106 valence electrons. The van der Waals surface area contributed by atoms with Gasteiger partial charge in [0.05, 0.1) is 12.5 Å². The van der Waals surface area contributed by atoms with E-state index in [2.05, 4.69) is 12.2 Å². The number of amides is 1. The molecule has 0 radical (unpaired) electrons. The highest BCUT2D eigenvalue weighted by Crippen LogP contribution is 2.13. The van der Waals surface area contributed by atoms with Crippen molar-refractivity contribution in [3.8, 4) is 0 Å². The smallest absolute Gasteiger partial charge is 0.224 e. The SMILES string of the molecule is CCCCCNC(=O)C(CSCC)CC(=O)CN. The highest BCUT2D eigenvalue weighted by Gasteiger charge is 2.20. The van der Waals surface area contributed by atoms with Crippen molar-refractivity contribution in [2.75, 3.05) is 24.6 Å². The van der Waals surface area contributed by atoms with E-state index in [0.29, 0.717) is 12.3 Å². The first kappa shape index (κ1) is 17.4. The Morgan fingerprint density at radius 1 is 1.28 bits per heavy atom. The molecule has 0 aliphatic rings. The summed E-state index contributed by atoms with van der Waals surface area (Å²) in [4.78, 5) is 23.3. The minimum atomic E-state index is -0.229. The first-order valence-corrected chi connectivity index (χ1v) is 7.88. The van der Waals surface area contributed by atoms with Gasteiger partial charge in [-0.05, 0) is 12.2 Å². The van der Waals surface area contributed by atoms with E-state index in [1.807, 2.05) is 6.92 Å². The molecule has 0 aromatic heterocycles. The number of nitrogens with two attached hydrogens (primary N) is 1. The van der Waals surface area contributed by atoms with Gasteiger partial charge in [-0.25, -0.2) is 0 Å². The number of nitrogens with one attached hydrogen (secondary N) is 1. The van der Waals surface area contributed by atoms with E-state index in [4.69, 9.17) is 5.73 Å². The minimum absolute atomic E-state index is 0.00569. The maximum atomic E-state index is 11.9. The molecule has 5 heteroatoms. The average Bonchev–Trinajstić information content (AvgIpc) is 2.38. The Balaban J connectivity index is 4.09. The molecule has 0 saturated heterocycles. The fourth-order valence-corrected chi connectivity index (χ4v) is 2.37. The van der Waals surface area contributed by atoms with Crippen LogP contribution in [0.2, 0.25) is 0 Å². The van der Waals surface area contributed by atoms with Crippen LogP contribution in [0.1, 0.15) is 39.5 Å². The Kier molecular flexibility index (Phi) is 11.2. The molecule has 4 nitrogen and oxygen atoms in total. The summed E-state index contributed by atoms with van der Waals surface area (Å²) in [5, 5.41) is 2.91. The third-order valence-electron chi connectivity index (χ3n) is 2.68. The molecule has 1 atom stereocenters. The van der Waals surface area contributed by atoms with E-state index >= 15 is 0 Å². The summed E-state index contributed by atoms with van der Waals surface area (Å²) >= 11 is 1.69. The van der Waals surface area contributed by atoms with Crippen molar-refractivity contribution >= 4 is 23.5 Å². The Morgan fingerprint density at radius 3 is 2.56 bits per heavy atom. The van der Waals surface area contributed by atoms with E-state index < -0.39 is 0 Å². The number of hydrogen-bond donors (Lipinski definition) is 2. The van der Waals surface area contributed by atoms with Gasteiger partial charge in [-0.1, -0.05) is 26.7 Å². The fourth-order valence-electron chi connectivity index (χ4n) is 1.58. The molecule has 1 amide bonds. The lowest BCUT2D eigenvalue weighted by molar-refractivity contribution is -0.128. The summed E-state index contributed by atoms with van der Waals surface area (Å²) in [6.07, 6.45) is 3.52. The molecular weight excluding hydrogens is 248 g/mol. The van der Waals surface area contributed by atoms with Crippen LogP contribution in [0.25, 0.3) is 0 Å². The zero-order valence-corrected chi connectivity index (χ0v) is 12.4. The minimum Gasteiger partial charge on any atom is -0.356 e. The Labute approximate surface area is 114 Å². The van der Waals surface area contributed by atoms with Crippen molar-refractivity contribution in [1.29, 1.82) is 0 Å². The molecule has 0 heterocycles. The van der Waals surface area contributed by atoms with Gasteiger partial charge in [0.1, 0.15) is 5.78 Å². The molecule has 0 aliphatic heterocycles. The number of thioether (sulfide) groups is 1. The summed E-state index contributed by atoms with van der Waals surface area (Å²) in [5.41, 5.74) is 5.30. The quantitative estimate of drug-likeness (QED) is 0.561. The number of rotatable bonds is 11. The van der Waals surface area contributed by atoms with Crippen molar-refractivity contribution in [3.63, 3.8) is 0 Å². The number of unbranched alkanes of at least 4 members (excludes halogenated alkanes) is 2. The van der Waals surface area contributed by atoms with Crippen LogP contribution in [-0.4, -0.2) is 36.3 Å². The molecule has 0 aromatic carbocycles. The van der Waals surface area contributed by atoms with Gasteiger partial charge in [-0.2, -0.15) is 11.8 Å². The monoisotopic (exact) mass is 274 g/mol. The molecular formula is C13H26N2O2S. The lowest BCUT2D eigenvalue weighted by Gasteiger charge is -2.15. The molecule has 3 N–H and O–H groups in total. The van der Waals surface area contributed by atoms with Gasteiger partial charge in [0, 0.05) is 18.7 Å². The van der Waals surface area contributed by atoms with Gasteiger partial charge in [0.15, 0.2) is 0 Å². The van der Waals surface area contributed by atoms with E-state index in [0.717, 1.165) is 25.0 Å². The van der Waals surface area contributed by atoms with Gasteiger partial charge < -0.3 is 11.1 Å². The lowest BCUT2D eigenvalue weighted by atomic mass is 10.0. The van der Waals surface area contributed by atoms with Crippen LogP contribution in [0.15, 0.2) is 0 Å². The number of carbonyl (C=O) groups is 2. The standard InChI is InChI=1S/C13H26N2O2S/c1-3-5-6-7-15-13(17)11(10-18-4-2)8-12(16)9-14/h11H,3-10,14H2,1-2H3,(H,15,17). The van der Waals surface area contributed by atoms with Gasteiger partial charge in [-0.15, -0.1) is 0 Å². The van der Waals surface area contributed by atoms with Gasteiger partial charge in [0.25, 0.3) is 0 Å². The summed E-state index contributed by atoms with van der Waals surface area (Å²) in [7, 11) is 0. The highest BCUT2D eigenvalue weighted by atomic mass is 32.2. The first-order valence-electron chi connectivity index (χ1n) is 6.72. The molecule has 1 unspecified atom stereocenters. The number of ketones is 1. The maximum absolute atomic E-state index is 11.9. The molecule has 0 saturated carbocycles. The molecule has 0 spiro atoms. The lowest BCUT2D eigenvalue weighted by Crippen LogP contribution is -2.35. The van der Waals surface area contributed by atoms with Crippen LogP contribution in [0.3, 0.4) is 0 Å². The van der Waals surface area contributed by atoms with Gasteiger partial charge in [0.2, 0.25) is 5.91 Å². The predicted octanol–water partition coefficient (Wildman–Crippen LogP) is 1.58. The number of carbonyl (C=O) groups excluding carboxylic acids is 2. The Hall–Kier alpha value is -0.550. The molecule has 0 aliphatic carbocycles. The molecule has 0 aromatic rings. The van der Waals surface area contributed by atoms with Crippen LogP contribution in [0.4, 0.5) is 0 Å². The summed E-state index contributed by atoms with van der Waals surface area (Å²) in [6, 6.07) is 0. The zero-order valence-electron chi connectivity index (χ0n) is 11.5. The van der Waals surface area contributed by atoms with E-state index in [1.54, 1.807) is 11.8 Å². The van der Waals surface area contributed by atoms with Crippen molar-refractivity contribution in [1.82, 2.24) is 5.32 Å². The van der Waals surface area contributed by atoms with Crippen molar-refractivity contribution in [2.45, 2.75) is 39.5 Å².